The molecule has 0 saturated heterocycles. The predicted molar refractivity (Wildman–Crippen MR) is 106 cm³/mol. The molecule has 0 radical (unpaired) electrons. The molecule has 2 atom stereocenters. The van der Waals surface area contributed by atoms with Gasteiger partial charge in [0.15, 0.2) is 0 Å². The number of carbonyl (C=O) groups is 1. The van der Waals surface area contributed by atoms with Crippen LogP contribution >= 0.6 is 23.2 Å². The molecule has 2 aromatic rings. The summed E-state index contributed by atoms with van der Waals surface area (Å²) in [6.07, 6.45) is 2.33. The fourth-order valence-corrected chi connectivity index (χ4v) is 3.26. The molecule has 4 nitrogen and oxygen atoms in total. The van der Waals surface area contributed by atoms with E-state index >= 15 is 0 Å². The first kappa shape index (κ1) is 19.0. The third kappa shape index (κ3) is 4.70. The number of amides is 1. The maximum absolute atomic E-state index is 12.6. The summed E-state index contributed by atoms with van der Waals surface area (Å²) in [6.45, 7) is 1.85. The fraction of sp³-hybridized carbons (Fsp3) is 0.350. The van der Waals surface area contributed by atoms with Gasteiger partial charge in [-0.2, -0.15) is 0 Å². The average Bonchev–Trinajstić information content (AvgIpc) is 3.47. The molecule has 1 saturated carbocycles. The number of hydrogen-bond acceptors (Lipinski definition) is 3. The van der Waals surface area contributed by atoms with Crippen molar-refractivity contribution in [3.8, 4) is 5.75 Å². The van der Waals surface area contributed by atoms with Gasteiger partial charge in [0.2, 0.25) is 5.91 Å². The molecule has 138 valence electrons. The van der Waals surface area contributed by atoms with Crippen molar-refractivity contribution >= 4 is 34.8 Å². The van der Waals surface area contributed by atoms with Crippen molar-refractivity contribution in [1.82, 2.24) is 5.32 Å². The highest BCUT2D eigenvalue weighted by molar-refractivity contribution is 6.35. The summed E-state index contributed by atoms with van der Waals surface area (Å²) >= 11 is 12.1. The quantitative estimate of drug-likeness (QED) is 0.691. The summed E-state index contributed by atoms with van der Waals surface area (Å²) in [6, 6.07) is 12.8. The molecule has 1 amide bonds. The van der Waals surface area contributed by atoms with E-state index < -0.39 is 0 Å². The lowest BCUT2D eigenvalue weighted by Crippen LogP contribution is -2.41. The van der Waals surface area contributed by atoms with Crippen LogP contribution < -0.4 is 15.4 Å². The Morgan fingerprint density at radius 2 is 1.85 bits per heavy atom. The molecule has 2 N–H and O–H groups in total. The summed E-state index contributed by atoms with van der Waals surface area (Å²) in [5.74, 6) is 1.23. The first-order valence-electron chi connectivity index (χ1n) is 8.64. The Labute approximate surface area is 163 Å². The van der Waals surface area contributed by atoms with E-state index in [1.165, 1.54) is 0 Å². The highest BCUT2D eigenvalue weighted by Gasteiger charge is 2.34. The van der Waals surface area contributed by atoms with E-state index in [0.717, 1.165) is 24.2 Å². The Morgan fingerprint density at radius 1 is 1.15 bits per heavy atom. The second-order valence-electron chi connectivity index (χ2n) is 6.59. The Hall–Kier alpha value is -1.75. The van der Waals surface area contributed by atoms with Gasteiger partial charge in [-0.25, -0.2) is 0 Å². The van der Waals surface area contributed by atoms with E-state index in [0.29, 0.717) is 21.7 Å². The normalized spacial score (nSPS) is 16.0. The number of rotatable bonds is 7. The third-order valence-corrected chi connectivity index (χ3v) is 5.14. The van der Waals surface area contributed by atoms with Crippen LogP contribution in [0.25, 0.3) is 0 Å². The van der Waals surface area contributed by atoms with Gasteiger partial charge in [0.1, 0.15) is 5.75 Å². The summed E-state index contributed by atoms with van der Waals surface area (Å²) in [4.78, 5) is 12.6. The number of anilines is 1. The lowest BCUT2D eigenvalue weighted by atomic mass is 10.0. The Balaban J connectivity index is 1.68. The Kier molecular flexibility index (Phi) is 6.07. The lowest BCUT2D eigenvalue weighted by Gasteiger charge is -2.23. The number of benzene rings is 2. The molecule has 1 fully saturated rings. The zero-order chi connectivity index (χ0) is 18.7. The van der Waals surface area contributed by atoms with Gasteiger partial charge in [0.05, 0.1) is 23.9 Å². The van der Waals surface area contributed by atoms with Gasteiger partial charge in [-0.3, -0.25) is 10.1 Å². The van der Waals surface area contributed by atoms with Crippen LogP contribution in [0.2, 0.25) is 10.0 Å². The first-order chi connectivity index (χ1) is 12.5. The van der Waals surface area contributed by atoms with Crippen LogP contribution in [-0.4, -0.2) is 19.1 Å². The topological polar surface area (TPSA) is 50.4 Å². The first-order valence-corrected chi connectivity index (χ1v) is 9.39. The number of methoxy groups -OCH3 is 1. The minimum Gasteiger partial charge on any atom is -0.497 e. The predicted octanol–water partition coefficient (Wildman–Crippen LogP) is 5.07. The van der Waals surface area contributed by atoms with Crippen molar-refractivity contribution in [3.05, 3.63) is 58.1 Å². The van der Waals surface area contributed by atoms with E-state index in [1.807, 2.05) is 31.2 Å². The molecular weight excluding hydrogens is 371 g/mol. The summed E-state index contributed by atoms with van der Waals surface area (Å²) in [5.41, 5.74) is 1.68. The van der Waals surface area contributed by atoms with Gasteiger partial charge in [-0.1, -0.05) is 35.3 Å². The second kappa shape index (κ2) is 8.30. The second-order valence-corrected chi connectivity index (χ2v) is 7.43. The van der Waals surface area contributed by atoms with Crippen molar-refractivity contribution < 1.29 is 9.53 Å². The number of ether oxygens (including phenoxy) is 1. The van der Waals surface area contributed by atoms with Crippen molar-refractivity contribution in [1.29, 1.82) is 0 Å². The maximum Gasteiger partial charge on any atom is 0.241 e. The van der Waals surface area contributed by atoms with E-state index in [9.17, 15) is 4.79 Å². The van der Waals surface area contributed by atoms with Gasteiger partial charge in [0.25, 0.3) is 0 Å². The molecule has 0 aromatic heterocycles. The summed E-state index contributed by atoms with van der Waals surface area (Å²) < 4.78 is 5.22. The number of nitrogens with one attached hydrogen (secondary N) is 2. The lowest BCUT2D eigenvalue weighted by molar-refractivity contribution is -0.118. The molecule has 1 aliphatic rings. The highest BCUT2D eigenvalue weighted by Crippen LogP contribution is 2.41. The molecule has 26 heavy (non-hydrogen) atoms. The largest absolute Gasteiger partial charge is 0.497 e. The van der Waals surface area contributed by atoms with E-state index in [-0.39, 0.29) is 18.0 Å². The molecule has 2 unspecified atom stereocenters. The third-order valence-electron chi connectivity index (χ3n) is 4.58. The number of carbonyl (C=O) groups excluding carboxylic acids is 1. The maximum atomic E-state index is 12.6. The zero-order valence-electron chi connectivity index (χ0n) is 14.8. The molecule has 0 aliphatic heterocycles. The molecule has 2 aromatic carbocycles. The van der Waals surface area contributed by atoms with Crippen LogP contribution in [0.1, 0.15) is 31.4 Å². The molecule has 0 bridgehead atoms. The minimum absolute atomic E-state index is 0.136. The Morgan fingerprint density at radius 3 is 2.46 bits per heavy atom. The standard InChI is InChI=1S/C20H22Cl2N2O2/c1-12(20(25)24-18-11-15(21)7-10-17(18)22)23-19(13-3-4-13)14-5-8-16(26-2)9-6-14/h5-13,19,23H,3-4H2,1-2H3,(H,24,25). The van der Waals surface area contributed by atoms with Gasteiger partial charge >= 0.3 is 0 Å². The van der Waals surface area contributed by atoms with Crippen LogP contribution in [0.4, 0.5) is 5.69 Å². The minimum atomic E-state index is -0.377. The van der Waals surface area contributed by atoms with Crippen LogP contribution in [0, 0.1) is 5.92 Å². The number of halogens is 2. The van der Waals surface area contributed by atoms with Crippen molar-refractivity contribution in [2.45, 2.75) is 31.8 Å². The summed E-state index contributed by atoms with van der Waals surface area (Å²) in [5, 5.41) is 7.29. The molecule has 6 heteroatoms. The van der Waals surface area contributed by atoms with E-state index in [4.69, 9.17) is 27.9 Å². The molecule has 3 rings (SSSR count). The number of hydrogen-bond donors (Lipinski definition) is 2. The van der Waals surface area contributed by atoms with Crippen LogP contribution in [0.15, 0.2) is 42.5 Å². The molecular formula is C20H22Cl2N2O2. The monoisotopic (exact) mass is 392 g/mol. The van der Waals surface area contributed by atoms with Crippen molar-refractivity contribution in [2.24, 2.45) is 5.92 Å². The zero-order valence-corrected chi connectivity index (χ0v) is 16.3. The van der Waals surface area contributed by atoms with Gasteiger partial charge in [-0.05, 0) is 61.6 Å². The van der Waals surface area contributed by atoms with Gasteiger partial charge in [0, 0.05) is 11.1 Å². The van der Waals surface area contributed by atoms with Gasteiger partial charge in [-0.15, -0.1) is 0 Å². The van der Waals surface area contributed by atoms with Crippen LogP contribution in [-0.2, 0) is 4.79 Å². The van der Waals surface area contributed by atoms with Crippen LogP contribution in [0.5, 0.6) is 5.75 Å². The Bertz CT molecular complexity index is 776. The van der Waals surface area contributed by atoms with E-state index in [1.54, 1.807) is 25.3 Å². The fourth-order valence-electron chi connectivity index (χ4n) is 2.92. The van der Waals surface area contributed by atoms with Gasteiger partial charge < -0.3 is 10.1 Å². The average molecular weight is 393 g/mol. The molecule has 1 aliphatic carbocycles. The van der Waals surface area contributed by atoms with Crippen molar-refractivity contribution in [2.75, 3.05) is 12.4 Å². The van der Waals surface area contributed by atoms with E-state index in [2.05, 4.69) is 10.6 Å². The van der Waals surface area contributed by atoms with Crippen molar-refractivity contribution in [3.63, 3.8) is 0 Å². The van der Waals surface area contributed by atoms with Crippen LogP contribution in [0.3, 0.4) is 0 Å². The highest BCUT2D eigenvalue weighted by atomic mass is 35.5. The summed E-state index contributed by atoms with van der Waals surface area (Å²) in [7, 11) is 1.65. The SMILES string of the molecule is COc1ccc(C(NC(C)C(=O)Nc2cc(Cl)ccc2Cl)C2CC2)cc1. The molecule has 0 spiro atoms. The smallest absolute Gasteiger partial charge is 0.241 e. The molecule has 0 heterocycles.